The topological polar surface area (TPSA) is 144 Å². The lowest BCUT2D eigenvalue weighted by Gasteiger charge is -2.31. The lowest BCUT2D eigenvalue weighted by Crippen LogP contribution is -2.47. The van der Waals surface area contributed by atoms with Gasteiger partial charge in [0, 0.05) is 40.0 Å². The highest BCUT2D eigenvalue weighted by atomic mass is 32.2. The number of amides is 1. The number of rotatable bonds is 10. The lowest BCUT2D eigenvalue weighted by molar-refractivity contribution is -0.267. The first-order valence-corrected chi connectivity index (χ1v) is 14.4. The van der Waals surface area contributed by atoms with Gasteiger partial charge in [0.15, 0.2) is 5.60 Å². The van der Waals surface area contributed by atoms with Crippen LogP contribution in [0.5, 0.6) is 0 Å². The molecule has 2 rings (SSSR count). The molecule has 0 fully saturated rings. The number of alkyl carbamates (subject to hydrolysis) is 1. The maximum atomic E-state index is 14.1. The maximum absolute atomic E-state index is 14.1. The first-order valence-electron chi connectivity index (χ1n) is 12.5. The van der Waals surface area contributed by atoms with Gasteiger partial charge in [-0.3, -0.25) is 4.78 Å². The number of carbonyl (C=O) groups is 2. The lowest BCUT2D eigenvalue weighted by atomic mass is 9.90. The van der Waals surface area contributed by atoms with Crippen LogP contribution < -0.4 is 5.32 Å². The molecule has 1 heterocycles. The van der Waals surface area contributed by atoms with E-state index in [0.29, 0.717) is 5.69 Å². The molecular formula is C26H37F3N4O6S. The predicted octanol–water partition coefficient (Wildman–Crippen LogP) is 4.68. The second-order valence-electron chi connectivity index (χ2n) is 11.3. The van der Waals surface area contributed by atoms with Gasteiger partial charge in [-0.2, -0.15) is 18.3 Å². The minimum absolute atomic E-state index is 0.362. The van der Waals surface area contributed by atoms with E-state index in [-0.39, 0.29) is 6.42 Å². The van der Waals surface area contributed by atoms with Crippen LogP contribution in [0.2, 0.25) is 0 Å². The normalized spacial score (nSPS) is 16.4. The summed E-state index contributed by atoms with van der Waals surface area (Å²) in [5, 5.41) is 17.0. The van der Waals surface area contributed by atoms with Gasteiger partial charge in [0.25, 0.3) is 0 Å². The smallest absolute Gasteiger partial charge is 0.421 e. The van der Waals surface area contributed by atoms with Crippen molar-refractivity contribution in [1.29, 1.82) is 4.78 Å². The highest BCUT2D eigenvalue weighted by Crippen LogP contribution is 2.42. The molecule has 14 heteroatoms. The molecule has 40 heavy (non-hydrogen) atoms. The Morgan fingerprint density at radius 2 is 1.62 bits per heavy atom. The van der Waals surface area contributed by atoms with Gasteiger partial charge in [-0.05, 0) is 71.7 Å². The molecule has 3 atom stereocenters. The molecular weight excluding hydrogens is 553 g/mol. The van der Waals surface area contributed by atoms with E-state index >= 15 is 0 Å². The molecule has 224 valence electrons. The zero-order valence-electron chi connectivity index (χ0n) is 23.4. The van der Waals surface area contributed by atoms with Gasteiger partial charge < -0.3 is 19.9 Å². The third-order valence-electron chi connectivity index (χ3n) is 5.49. The number of aromatic nitrogens is 2. The van der Waals surface area contributed by atoms with Crippen LogP contribution in [0.3, 0.4) is 0 Å². The van der Waals surface area contributed by atoms with Gasteiger partial charge in [-0.15, -0.1) is 0 Å². The van der Waals surface area contributed by atoms with Gasteiger partial charge >= 0.3 is 18.2 Å². The molecule has 0 saturated carbocycles. The number of hydrogen-bond acceptors (Lipinski definition) is 8. The Bertz CT molecular complexity index is 1250. The summed E-state index contributed by atoms with van der Waals surface area (Å²) >= 11 is 0. The van der Waals surface area contributed by atoms with Crippen LogP contribution in [-0.2, 0) is 29.6 Å². The third kappa shape index (κ3) is 9.81. The number of nitrogens with zero attached hydrogens (tertiary/aromatic N) is 2. The number of hydrogen-bond donors (Lipinski definition) is 3. The van der Waals surface area contributed by atoms with E-state index in [1.165, 1.54) is 23.0 Å². The monoisotopic (exact) mass is 590 g/mol. The summed E-state index contributed by atoms with van der Waals surface area (Å²) in [6, 6.07) is 5.17. The standard InChI is InChI=1S/C26H37F3N4O6S/c1-23(2,3)38-21(34)20(32-22(35)39-24(4,5)6)12-16-40(30,37)17-13-25(36,26(27,28)29)18-8-10-19(11-9-18)33-15-7-14-31-33/h7-11,14-15,20,30,36H,12-13,16-17H2,1-6H3,(H,32,35)/t20-,25?,40?/m0/s1. The number of aliphatic hydroxyl groups is 1. The molecule has 0 spiro atoms. The average molecular weight is 591 g/mol. The molecule has 1 aromatic carbocycles. The molecule has 0 saturated heterocycles. The first-order chi connectivity index (χ1) is 18.1. The minimum Gasteiger partial charge on any atom is -0.458 e. The van der Waals surface area contributed by atoms with Crippen LogP contribution in [0, 0.1) is 4.78 Å². The maximum Gasteiger partial charge on any atom is 0.421 e. The van der Waals surface area contributed by atoms with E-state index in [1.54, 1.807) is 53.8 Å². The Labute approximate surface area is 232 Å². The van der Waals surface area contributed by atoms with Gasteiger partial charge in [0.2, 0.25) is 0 Å². The second-order valence-corrected chi connectivity index (χ2v) is 13.8. The van der Waals surface area contributed by atoms with Crippen LogP contribution in [-0.4, -0.2) is 66.1 Å². The van der Waals surface area contributed by atoms with Crippen molar-refractivity contribution in [2.75, 3.05) is 11.5 Å². The number of carbonyl (C=O) groups excluding carboxylic acids is 2. The van der Waals surface area contributed by atoms with Gasteiger partial charge in [-0.1, -0.05) is 12.1 Å². The average Bonchev–Trinajstić information content (AvgIpc) is 3.32. The Morgan fingerprint density at radius 3 is 2.10 bits per heavy atom. The van der Waals surface area contributed by atoms with Crippen LogP contribution in [0.25, 0.3) is 5.69 Å². The first kappa shape index (κ1) is 33.1. The van der Waals surface area contributed by atoms with Crippen molar-refractivity contribution in [2.24, 2.45) is 0 Å². The van der Waals surface area contributed by atoms with Crippen molar-refractivity contribution in [2.45, 2.75) is 83.4 Å². The summed E-state index contributed by atoms with van der Waals surface area (Å²) in [5.74, 6) is -2.24. The van der Waals surface area contributed by atoms with Crippen molar-refractivity contribution >= 4 is 21.8 Å². The van der Waals surface area contributed by atoms with E-state index in [9.17, 15) is 32.1 Å². The third-order valence-corrected chi connectivity index (χ3v) is 7.25. The molecule has 2 aromatic rings. The summed E-state index contributed by atoms with van der Waals surface area (Å²) in [4.78, 5) is 24.9. The number of benzene rings is 1. The Kier molecular flexibility index (Phi) is 10.1. The highest BCUT2D eigenvalue weighted by molar-refractivity contribution is 7.92. The summed E-state index contributed by atoms with van der Waals surface area (Å²) in [5.41, 5.74) is -5.20. The van der Waals surface area contributed by atoms with Crippen molar-refractivity contribution in [3.8, 4) is 5.69 Å². The SMILES string of the molecule is CC(C)(C)OC(=O)N[C@@H](CCS(=N)(=O)CCC(O)(c1ccc(-n2cccn2)cc1)C(F)(F)F)C(=O)OC(C)(C)C. The molecule has 1 aromatic heterocycles. The van der Waals surface area contributed by atoms with Gasteiger partial charge in [0.1, 0.15) is 17.2 Å². The number of alkyl halides is 3. The molecule has 3 N–H and O–H groups in total. The van der Waals surface area contributed by atoms with E-state index in [2.05, 4.69) is 10.4 Å². The fourth-order valence-corrected chi connectivity index (χ4v) is 5.00. The highest BCUT2D eigenvalue weighted by Gasteiger charge is 2.54. The molecule has 10 nitrogen and oxygen atoms in total. The molecule has 0 aliphatic heterocycles. The van der Waals surface area contributed by atoms with Crippen molar-refractivity contribution < 1.29 is 41.5 Å². The second kappa shape index (κ2) is 12.2. The zero-order chi connectivity index (χ0) is 30.6. The van der Waals surface area contributed by atoms with Crippen molar-refractivity contribution in [1.82, 2.24) is 15.1 Å². The molecule has 0 aliphatic carbocycles. The molecule has 2 unspecified atom stereocenters. The largest absolute Gasteiger partial charge is 0.458 e. The van der Waals surface area contributed by atoms with Crippen molar-refractivity contribution in [3.63, 3.8) is 0 Å². The molecule has 0 radical (unpaired) electrons. The number of halogens is 3. The summed E-state index contributed by atoms with van der Waals surface area (Å²) in [6.07, 6.45) is -4.41. The zero-order valence-corrected chi connectivity index (χ0v) is 24.2. The summed E-state index contributed by atoms with van der Waals surface area (Å²) in [6.45, 7) is 9.63. The fraction of sp³-hybridized carbons (Fsp3) is 0.577. The quantitative estimate of drug-likeness (QED) is 0.341. The van der Waals surface area contributed by atoms with Crippen LogP contribution in [0.4, 0.5) is 18.0 Å². The van der Waals surface area contributed by atoms with Crippen LogP contribution >= 0.6 is 0 Å². The van der Waals surface area contributed by atoms with E-state index in [1.807, 2.05) is 0 Å². The summed E-state index contributed by atoms with van der Waals surface area (Å²) < 4.78 is 75.2. The van der Waals surface area contributed by atoms with E-state index in [4.69, 9.17) is 14.3 Å². The Hall–Kier alpha value is -3.13. The van der Waals surface area contributed by atoms with Gasteiger partial charge in [0.05, 0.1) is 5.69 Å². The fourth-order valence-electron chi connectivity index (χ4n) is 3.56. The molecule has 0 aliphatic rings. The van der Waals surface area contributed by atoms with E-state index < -0.39 is 74.3 Å². The van der Waals surface area contributed by atoms with Crippen LogP contribution in [0.1, 0.15) is 59.9 Å². The minimum atomic E-state index is -5.13. The Balaban J connectivity index is 2.18. The number of nitrogens with one attached hydrogen (secondary N) is 2. The number of esters is 1. The Morgan fingerprint density at radius 1 is 1.05 bits per heavy atom. The van der Waals surface area contributed by atoms with E-state index in [0.717, 1.165) is 12.1 Å². The molecule has 1 amide bonds. The van der Waals surface area contributed by atoms with Gasteiger partial charge in [-0.25, -0.2) is 18.5 Å². The van der Waals surface area contributed by atoms with Crippen LogP contribution in [0.15, 0.2) is 42.7 Å². The summed E-state index contributed by atoms with van der Waals surface area (Å²) in [7, 11) is -3.74. The number of ether oxygens (including phenoxy) is 2. The van der Waals surface area contributed by atoms with Crippen molar-refractivity contribution in [3.05, 3.63) is 48.3 Å². The predicted molar refractivity (Wildman–Crippen MR) is 142 cm³/mol. The molecule has 0 bridgehead atoms.